The average Bonchev–Trinajstić information content (AvgIpc) is 3.10. The lowest BCUT2D eigenvalue weighted by molar-refractivity contribution is -0.132. The molecule has 1 fully saturated rings. The summed E-state index contributed by atoms with van der Waals surface area (Å²) in [6.07, 6.45) is 5.56. The van der Waals surface area contributed by atoms with Crippen molar-refractivity contribution in [1.29, 1.82) is 0 Å². The molecule has 0 saturated carbocycles. The number of rotatable bonds is 4. The van der Waals surface area contributed by atoms with Gasteiger partial charge in [-0.05, 0) is 38.7 Å². The predicted molar refractivity (Wildman–Crippen MR) is 91.7 cm³/mol. The summed E-state index contributed by atoms with van der Waals surface area (Å²) in [6.45, 7) is 5.73. The van der Waals surface area contributed by atoms with Gasteiger partial charge in [-0.15, -0.1) is 11.3 Å². The highest BCUT2D eigenvalue weighted by Crippen LogP contribution is 2.29. The molecule has 1 atom stereocenters. The molecule has 2 aromatic rings. The summed E-state index contributed by atoms with van der Waals surface area (Å²) < 4.78 is 1.82. The van der Waals surface area contributed by atoms with E-state index >= 15 is 0 Å². The van der Waals surface area contributed by atoms with Crippen LogP contribution in [-0.2, 0) is 18.3 Å². The largest absolute Gasteiger partial charge is 0.342 e. The van der Waals surface area contributed by atoms with E-state index in [1.165, 1.54) is 10.6 Å². The topological polar surface area (TPSA) is 51.0 Å². The summed E-state index contributed by atoms with van der Waals surface area (Å²) in [6, 6.07) is 0. The molecule has 0 N–H and O–H groups in total. The third kappa shape index (κ3) is 3.80. The van der Waals surface area contributed by atoms with Gasteiger partial charge in [-0.3, -0.25) is 9.48 Å². The van der Waals surface area contributed by atoms with Gasteiger partial charge in [0.05, 0.1) is 10.7 Å². The van der Waals surface area contributed by atoms with Crippen LogP contribution in [0.4, 0.5) is 0 Å². The minimum Gasteiger partial charge on any atom is -0.342 e. The number of aromatic nitrogens is 3. The molecule has 0 unspecified atom stereocenters. The van der Waals surface area contributed by atoms with Crippen LogP contribution in [0.1, 0.15) is 47.1 Å². The number of amides is 1. The van der Waals surface area contributed by atoms with Crippen molar-refractivity contribution in [3.63, 3.8) is 0 Å². The molecule has 3 heterocycles. The molecule has 1 saturated heterocycles. The van der Waals surface area contributed by atoms with Crippen LogP contribution in [0.15, 0.2) is 11.6 Å². The van der Waals surface area contributed by atoms with Crippen molar-refractivity contribution in [2.45, 2.75) is 45.4 Å². The van der Waals surface area contributed by atoms with Crippen molar-refractivity contribution in [2.24, 2.45) is 7.05 Å². The van der Waals surface area contributed by atoms with Gasteiger partial charge in [0, 0.05) is 49.7 Å². The number of aryl methyl sites for hydroxylation is 4. The molecule has 1 amide bonds. The van der Waals surface area contributed by atoms with Gasteiger partial charge < -0.3 is 4.90 Å². The number of hydrogen-bond donors (Lipinski definition) is 0. The van der Waals surface area contributed by atoms with E-state index < -0.39 is 0 Å². The fourth-order valence-electron chi connectivity index (χ4n) is 3.26. The zero-order chi connectivity index (χ0) is 16.4. The fourth-order valence-corrected chi connectivity index (χ4v) is 4.18. The van der Waals surface area contributed by atoms with Crippen molar-refractivity contribution in [3.05, 3.63) is 33.5 Å². The Hall–Kier alpha value is -1.69. The molecule has 3 rings (SSSR count). The van der Waals surface area contributed by atoms with Crippen LogP contribution in [-0.4, -0.2) is 38.7 Å². The summed E-state index contributed by atoms with van der Waals surface area (Å²) in [7, 11) is 1.92. The molecule has 5 nitrogen and oxygen atoms in total. The zero-order valence-corrected chi connectivity index (χ0v) is 14.9. The first-order valence-corrected chi connectivity index (χ1v) is 9.10. The number of thiazole rings is 1. The molecule has 2 aromatic heterocycles. The molecule has 0 aromatic carbocycles. The number of piperidine rings is 1. The zero-order valence-electron chi connectivity index (χ0n) is 14.1. The maximum Gasteiger partial charge on any atom is 0.222 e. The molecule has 23 heavy (non-hydrogen) atoms. The highest BCUT2D eigenvalue weighted by Gasteiger charge is 2.26. The van der Waals surface area contributed by atoms with Crippen LogP contribution in [0.2, 0.25) is 0 Å². The number of nitrogens with zero attached hydrogens (tertiary/aromatic N) is 4. The minimum atomic E-state index is 0.256. The molecule has 0 aliphatic carbocycles. The monoisotopic (exact) mass is 332 g/mol. The molecule has 6 heteroatoms. The Labute approximate surface area is 141 Å². The van der Waals surface area contributed by atoms with Crippen LogP contribution in [0, 0.1) is 13.8 Å². The second kappa shape index (κ2) is 6.83. The number of likely N-dealkylation sites (tertiary alicyclic amines) is 1. The molecule has 1 aliphatic rings. The summed E-state index contributed by atoms with van der Waals surface area (Å²) >= 11 is 1.72. The summed E-state index contributed by atoms with van der Waals surface area (Å²) in [5.41, 5.74) is 3.28. The van der Waals surface area contributed by atoms with E-state index in [1.807, 2.05) is 36.7 Å². The lowest BCUT2D eigenvalue weighted by Crippen LogP contribution is -2.39. The van der Waals surface area contributed by atoms with Crippen molar-refractivity contribution < 1.29 is 4.79 Å². The number of carbonyl (C=O) groups excluding carboxylic acids is 1. The second-order valence-electron chi connectivity index (χ2n) is 6.42. The lowest BCUT2D eigenvalue weighted by atomic mass is 9.98. The number of hydrogen-bond acceptors (Lipinski definition) is 4. The minimum absolute atomic E-state index is 0.256. The predicted octanol–water partition coefficient (Wildman–Crippen LogP) is 2.83. The Balaban J connectivity index is 1.57. The number of carbonyl (C=O) groups is 1. The third-order valence-electron chi connectivity index (χ3n) is 4.48. The fraction of sp³-hybridized carbons (Fsp3) is 0.588. The van der Waals surface area contributed by atoms with Crippen LogP contribution in [0.3, 0.4) is 0 Å². The van der Waals surface area contributed by atoms with Gasteiger partial charge in [-0.2, -0.15) is 5.10 Å². The first-order valence-electron chi connectivity index (χ1n) is 8.22. The molecular formula is C17H24N4OS. The van der Waals surface area contributed by atoms with Crippen LogP contribution >= 0.6 is 11.3 Å². The summed E-state index contributed by atoms with van der Waals surface area (Å²) in [5.74, 6) is 0.665. The van der Waals surface area contributed by atoms with E-state index in [9.17, 15) is 4.79 Å². The van der Waals surface area contributed by atoms with Crippen LogP contribution in [0.25, 0.3) is 0 Å². The molecular weight excluding hydrogens is 308 g/mol. The van der Waals surface area contributed by atoms with E-state index in [0.717, 1.165) is 43.7 Å². The van der Waals surface area contributed by atoms with Crippen LogP contribution in [0.5, 0.6) is 0 Å². The molecule has 124 valence electrons. The highest BCUT2D eigenvalue weighted by atomic mass is 32.1. The van der Waals surface area contributed by atoms with E-state index in [1.54, 1.807) is 11.3 Å². The van der Waals surface area contributed by atoms with Crippen molar-refractivity contribution >= 4 is 17.2 Å². The van der Waals surface area contributed by atoms with E-state index in [4.69, 9.17) is 0 Å². The second-order valence-corrected chi connectivity index (χ2v) is 7.31. The van der Waals surface area contributed by atoms with E-state index in [2.05, 4.69) is 15.5 Å². The van der Waals surface area contributed by atoms with Crippen molar-refractivity contribution in [3.8, 4) is 0 Å². The quantitative estimate of drug-likeness (QED) is 0.865. The summed E-state index contributed by atoms with van der Waals surface area (Å²) in [5, 5.41) is 7.62. The molecule has 1 aliphatic heterocycles. The van der Waals surface area contributed by atoms with Gasteiger partial charge in [0.1, 0.15) is 0 Å². The van der Waals surface area contributed by atoms with E-state index in [0.29, 0.717) is 12.3 Å². The Bertz CT molecular complexity index is 691. The van der Waals surface area contributed by atoms with Gasteiger partial charge in [0.2, 0.25) is 5.91 Å². The van der Waals surface area contributed by atoms with E-state index in [-0.39, 0.29) is 5.91 Å². The molecule has 0 spiro atoms. The van der Waals surface area contributed by atoms with Gasteiger partial charge in [-0.25, -0.2) is 4.98 Å². The van der Waals surface area contributed by atoms with Crippen molar-refractivity contribution in [2.75, 3.05) is 13.1 Å². The van der Waals surface area contributed by atoms with Crippen molar-refractivity contribution in [1.82, 2.24) is 19.7 Å². The highest BCUT2D eigenvalue weighted by molar-refractivity contribution is 7.09. The van der Waals surface area contributed by atoms with Gasteiger partial charge in [0.15, 0.2) is 0 Å². The lowest BCUT2D eigenvalue weighted by Gasteiger charge is -2.32. The van der Waals surface area contributed by atoms with Gasteiger partial charge in [-0.1, -0.05) is 0 Å². The summed E-state index contributed by atoms with van der Waals surface area (Å²) in [4.78, 5) is 19.2. The normalized spacial score (nSPS) is 18.4. The smallest absolute Gasteiger partial charge is 0.222 e. The van der Waals surface area contributed by atoms with Gasteiger partial charge >= 0.3 is 0 Å². The molecule has 0 bridgehead atoms. The first-order chi connectivity index (χ1) is 11.0. The maximum atomic E-state index is 12.6. The van der Waals surface area contributed by atoms with Gasteiger partial charge in [0.25, 0.3) is 0 Å². The first kappa shape index (κ1) is 16.2. The Morgan fingerprint density at radius 2 is 2.26 bits per heavy atom. The Morgan fingerprint density at radius 1 is 1.43 bits per heavy atom. The van der Waals surface area contributed by atoms with Crippen LogP contribution < -0.4 is 0 Å². The Kier molecular flexibility index (Phi) is 4.80. The maximum absolute atomic E-state index is 12.6. The Morgan fingerprint density at radius 3 is 2.91 bits per heavy atom. The average molecular weight is 332 g/mol. The SMILES string of the molecule is Cc1csc([C@H]2CCCN(C(=O)CCc3cn(C)nc3C)C2)n1. The standard InChI is InChI=1S/C17H24N4OS/c1-12-11-23-17(18-12)15-5-4-8-21(10-15)16(22)7-6-14-9-20(3)19-13(14)2/h9,11,15H,4-8,10H2,1-3H3/t15-/m0/s1. The molecule has 0 radical (unpaired) electrons. The third-order valence-corrected chi connectivity index (χ3v) is 5.61.